The number of phenolic OH excluding ortho intramolecular Hbond substituents is 1. The van der Waals surface area contributed by atoms with Crippen LogP contribution in [0, 0.1) is 11.8 Å². The molecule has 0 radical (unpaired) electrons. The van der Waals surface area contributed by atoms with Gasteiger partial charge in [0.15, 0.2) is 0 Å². The minimum Gasteiger partial charge on any atom is -0.508 e. The third kappa shape index (κ3) is 36.6. The number of unbranched alkanes of at least 4 members (excludes halogenated alkanes) is 4. The molecule has 1 heterocycles. The third-order valence-corrected chi connectivity index (χ3v) is 19.3. The van der Waals surface area contributed by atoms with E-state index in [0.29, 0.717) is 47.7 Å². The van der Waals surface area contributed by atoms with Gasteiger partial charge in [0.2, 0.25) is 94.5 Å². The summed E-state index contributed by atoms with van der Waals surface area (Å²) in [5.41, 5.74) is 18.7. The quantitative estimate of drug-likeness (QED) is 0.0235. The minimum atomic E-state index is -1.79. The Morgan fingerprint density at radius 2 is 0.849 bits per heavy atom. The topological polar surface area (TPSA) is 683 Å². The highest BCUT2D eigenvalue weighted by Crippen LogP contribution is 2.21. The zero-order chi connectivity index (χ0) is 89.0. The number of carbonyl (C=O) groups is 18. The Morgan fingerprint density at radius 1 is 0.412 bits per heavy atom. The Balaban J connectivity index is 1.75. The van der Waals surface area contributed by atoms with Gasteiger partial charge in [0.25, 0.3) is 0 Å². The first-order valence-corrected chi connectivity index (χ1v) is 39.6. The molecule has 0 fully saturated rings. The molecule has 16 amide bonds. The summed E-state index contributed by atoms with van der Waals surface area (Å²) >= 11 is 0. The van der Waals surface area contributed by atoms with Gasteiger partial charge in [-0.3, -0.25) is 86.3 Å². The van der Waals surface area contributed by atoms with Crippen molar-refractivity contribution >= 4 is 117 Å². The number of carbonyl (C=O) groups excluding carboxylic acids is 16. The van der Waals surface area contributed by atoms with Crippen LogP contribution >= 0.6 is 0 Å². The number of benzene rings is 2. The number of aliphatic carboxylic acids is 2. The number of hydrogen-bond acceptors (Lipinski definition) is 23. The second kappa shape index (κ2) is 53.4. The number of fused-ring (bicyclic) bond motifs is 1. The van der Waals surface area contributed by atoms with E-state index in [1.807, 2.05) is 6.92 Å². The van der Waals surface area contributed by atoms with Crippen molar-refractivity contribution in [3.05, 3.63) is 65.9 Å². The summed E-state index contributed by atoms with van der Waals surface area (Å²) in [6.45, 7) is 6.99. The zero-order valence-electron chi connectivity index (χ0n) is 68.1. The highest BCUT2D eigenvalue weighted by molar-refractivity contribution is 6.01. The van der Waals surface area contributed by atoms with E-state index in [-0.39, 0.29) is 76.6 Å². The molecule has 0 saturated carbocycles. The maximum Gasteiger partial charge on any atom is 0.325 e. The molecule has 0 aliphatic carbocycles. The van der Waals surface area contributed by atoms with Crippen molar-refractivity contribution in [2.75, 3.05) is 45.9 Å². The standard InChI is InChI=1S/C77H119N19O23/c1-8-11-12-23-59(101)87-57(40-98)74(115)89-52(28-29-63(105)106)71(112)94-56(39-97)68(109)84-38-62(104)96-64(41(4)9-2)75(116)85-43(6)66(107)91-54(33-46-35-81-49-20-14-13-19-48(46)49)67(108)83-36-60(102)82-37-61(103)95-65(42(5)10-3)76(117)90-51(22-16-18-31-79)69(110)88-50(21-15-17-30-78)70(111)93-55(34-58(80)100)73(114)92-53(72(113)86-44(7)77(118)119)32-45-24-26-47(99)27-25-45/h13-14,19-20,24-27,35,41-44,50-57,64-65,81,97-99H,8-12,15-18,21-23,28-34,36-40,78-79H2,1-7H3,(H2,80,100)(H,82,102)(H,83,108)(H,84,109)(H,85,116)(H,86,113)(H,87,101)(H,88,110)(H,89,115)(H,90,117)(H,91,107)(H,92,114)(H,93,111)(H,94,112)(H,95,103)(H,96,104)(H,105,106)(H,118,119)/t41-,42-,43-,44-,50-,51-,52-,53-,54-,55-,56-,57-,64-,65-/m0/s1. The molecular formula is C77H119N19O23. The predicted molar refractivity (Wildman–Crippen MR) is 429 cm³/mol. The number of aromatic amines is 1. The van der Waals surface area contributed by atoms with E-state index in [1.165, 1.54) is 38.1 Å². The molecule has 2 aromatic carbocycles. The van der Waals surface area contributed by atoms with E-state index in [9.17, 15) is 112 Å². The molecule has 0 spiro atoms. The van der Waals surface area contributed by atoms with Gasteiger partial charge in [-0.2, -0.15) is 0 Å². The van der Waals surface area contributed by atoms with Crippen LogP contribution in [-0.2, 0) is 99.1 Å². The van der Waals surface area contributed by atoms with Crippen molar-refractivity contribution in [1.82, 2.24) is 84.7 Å². The molecule has 0 aliphatic rings. The van der Waals surface area contributed by atoms with Gasteiger partial charge in [0.05, 0.1) is 39.3 Å². The summed E-state index contributed by atoms with van der Waals surface area (Å²) in [5.74, 6) is -19.5. The van der Waals surface area contributed by atoms with Crippen LogP contribution in [0.15, 0.2) is 54.7 Å². The van der Waals surface area contributed by atoms with Gasteiger partial charge in [-0.15, -0.1) is 0 Å². The molecule has 42 nitrogen and oxygen atoms in total. The normalized spacial score (nSPS) is 14.6. The second-order valence-corrected chi connectivity index (χ2v) is 28.8. The maximum atomic E-state index is 14.4. The SMILES string of the molecule is CCCCCC(=O)N[C@@H](CO)C(=O)N[C@@H](CCC(=O)O)C(=O)N[C@@H](CO)C(=O)NCC(=O)N[C@H](C(=O)N[C@@H](C)C(=O)N[C@@H](Cc1c[nH]c2ccccc12)C(=O)NCC(=O)NCC(=O)N[C@H](C(=O)N[C@@H](CCCCN)C(=O)N[C@@H](CCCCN)C(=O)N[C@@H](CC(N)=O)C(=O)N[C@@H](Cc1ccc(O)cc1)C(=O)N[C@@H](C)C(=O)O)[C@@H](C)CC)[C@@H](C)CC. The fourth-order valence-corrected chi connectivity index (χ4v) is 11.8. The number of aromatic nitrogens is 1. The minimum absolute atomic E-state index is 0.0349. The number of para-hydroxylation sites is 1. The molecule has 0 aliphatic heterocycles. The number of primary amides is 1. The summed E-state index contributed by atoms with van der Waals surface area (Å²) in [5, 5.41) is 85.6. The number of aliphatic hydroxyl groups is 2. The van der Waals surface area contributed by atoms with Crippen molar-refractivity contribution < 1.29 is 112 Å². The van der Waals surface area contributed by atoms with Crippen LogP contribution in [0.1, 0.15) is 156 Å². The van der Waals surface area contributed by atoms with Crippen molar-refractivity contribution in [3.8, 4) is 5.75 Å². The lowest BCUT2D eigenvalue weighted by atomic mass is 9.97. The number of rotatable bonds is 57. The summed E-state index contributed by atoms with van der Waals surface area (Å²) in [6, 6.07) is -5.70. The van der Waals surface area contributed by atoms with E-state index in [1.54, 1.807) is 58.2 Å². The van der Waals surface area contributed by atoms with E-state index < -0.39 is 243 Å². The largest absolute Gasteiger partial charge is 0.508 e. The summed E-state index contributed by atoms with van der Waals surface area (Å²) < 4.78 is 0. The van der Waals surface area contributed by atoms with Crippen molar-refractivity contribution in [3.63, 3.8) is 0 Å². The first kappa shape index (κ1) is 101. The van der Waals surface area contributed by atoms with E-state index >= 15 is 0 Å². The Hall–Kier alpha value is -11.9. The first-order chi connectivity index (χ1) is 56.4. The molecule has 1 aromatic heterocycles. The molecule has 42 heteroatoms. The van der Waals surface area contributed by atoms with E-state index in [4.69, 9.17) is 17.2 Å². The average Bonchev–Trinajstić information content (AvgIpc) is 1.70. The monoisotopic (exact) mass is 1680 g/mol. The number of hydrogen-bond donors (Lipinski definition) is 24. The van der Waals surface area contributed by atoms with Crippen LogP contribution in [-0.4, -0.2) is 255 Å². The molecule has 14 atom stereocenters. The molecule has 3 aromatic rings. The van der Waals surface area contributed by atoms with Gasteiger partial charge in [-0.25, -0.2) is 0 Å². The van der Waals surface area contributed by atoms with Crippen LogP contribution in [0.4, 0.5) is 0 Å². The number of amides is 16. The molecule has 0 saturated heterocycles. The van der Waals surface area contributed by atoms with E-state index in [0.717, 1.165) is 6.42 Å². The Bertz CT molecular complexity index is 3940. The molecule has 0 bridgehead atoms. The predicted octanol–water partition coefficient (Wildman–Crippen LogP) is -5.40. The number of phenols is 1. The Labute approximate surface area is 688 Å². The Morgan fingerprint density at radius 3 is 1.37 bits per heavy atom. The fraction of sp³-hybridized carbons (Fsp3) is 0.584. The highest BCUT2D eigenvalue weighted by Gasteiger charge is 2.38. The van der Waals surface area contributed by atoms with Crippen molar-refractivity contribution in [1.29, 1.82) is 0 Å². The van der Waals surface area contributed by atoms with Crippen LogP contribution in [0.25, 0.3) is 10.9 Å². The number of nitrogens with one attached hydrogen (secondary N) is 16. The van der Waals surface area contributed by atoms with E-state index in [2.05, 4.69) is 84.7 Å². The lowest BCUT2D eigenvalue weighted by Gasteiger charge is -2.28. The lowest BCUT2D eigenvalue weighted by molar-refractivity contribution is -0.142. The van der Waals surface area contributed by atoms with Gasteiger partial charge in [0, 0.05) is 42.8 Å². The summed E-state index contributed by atoms with van der Waals surface area (Å²) in [7, 11) is 0. The molecule has 119 heavy (non-hydrogen) atoms. The number of H-pyrrole nitrogens is 1. The van der Waals surface area contributed by atoms with Gasteiger partial charge >= 0.3 is 11.9 Å². The number of carboxylic acids is 2. The fourth-order valence-electron chi connectivity index (χ4n) is 11.8. The second-order valence-electron chi connectivity index (χ2n) is 28.8. The highest BCUT2D eigenvalue weighted by atomic mass is 16.4. The number of carboxylic acid groups (broad SMARTS) is 2. The van der Waals surface area contributed by atoms with Crippen molar-refractivity contribution in [2.45, 2.75) is 230 Å². The van der Waals surface area contributed by atoms with Crippen LogP contribution < -0.4 is 97.0 Å². The number of aromatic hydroxyl groups is 1. The van der Waals surface area contributed by atoms with Gasteiger partial charge in [0.1, 0.15) is 78.3 Å². The zero-order valence-corrected chi connectivity index (χ0v) is 68.1. The summed E-state index contributed by atoms with van der Waals surface area (Å²) in [6.07, 6.45) is 2.78. The van der Waals surface area contributed by atoms with Gasteiger partial charge in [-0.05, 0) is 119 Å². The molecule has 27 N–H and O–H groups in total. The lowest BCUT2D eigenvalue weighted by Crippen LogP contribution is -2.60. The number of nitrogens with two attached hydrogens (primary N) is 3. The van der Waals surface area contributed by atoms with Crippen LogP contribution in [0.5, 0.6) is 5.75 Å². The third-order valence-electron chi connectivity index (χ3n) is 19.3. The molecule has 660 valence electrons. The molecular weight excluding hydrogens is 1560 g/mol. The van der Waals surface area contributed by atoms with Crippen molar-refractivity contribution in [2.24, 2.45) is 29.0 Å². The van der Waals surface area contributed by atoms with Crippen LogP contribution in [0.3, 0.4) is 0 Å². The smallest absolute Gasteiger partial charge is 0.325 e. The van der Waals surface area contributed by atoms with Gasteiger partial charge in [-0.1, -0.05) is 90.6 Å². The molecule has 0 unspecified atom stereocenters. The maximum absolute atomic E-state index is 14.4. The first-order valence-electron chi connectivity index (χ1n) is 39.6. The van der Waals surface area contributed by atoms with Gasteiger partial charge < -0.3 is 127 Å². The number of aliphatic hydroxyl groups excluding tert-OH is 2. The summed E-state index contributed by atoms with van der Waals surface area (Å²) in [4.78, 5) is 244. The Kier molecular flexibility index (Phi) is 45.5. The average molecular weight is 1680 g/mol. The molecule has 3 rings (SSSR count). The van der Waals surface area contributed by atoms with Crippen LogP contribution in [0.2, 0.25) is 0 Å².